The van der Waals surface area contributed by atoms with Gasteiger partial charge in [0.05, 0.1) is 0 Å². The van der Waals surface area contributed by atoms with E-state index in [0.29, 0.717) is 0 Å². The number of hydrogen-bond acceptors (Lipinski definition) is 0. The van der Waals surface area contributed by atoms with Gasteiger partial charge in [0.25, 0.3) is 0 Å². The minimum atomic E-state index is 0.940. The molecule has 2 bridgehead atoms. The van der Waals surface area contributed by atoms with Gasteiger partial charge in [0.1, 0.15) is 0 Å². The van der Waals surface area contributed by atoms with E-state index in [4.69, 9.17) is 0 Å². The summed E-state index contributed by atoms with van der Waals surface area (Å²) in [5, 5.41) is 0. The summed E-state index contributed by atoms with van der Waals surface area (Å²) in [4.78, 5) is 0. The van der Waals surface area contributed by atoms with Gasteiger partial charge >= 0.3 is 0 Å². The van der Waals surface area contributed by atoms with Crippen molar-refractivity contribution in [1.82, 2.24) is 0 Å². The van der Waals surface area contributed by atoms with Crippen LogP contribution >= 0.6 is 0 Å². The minimum Gasteiger partial charge on any atom is -0.0625 e. The van der Waals surface area contributed by atoms with Crippen LogP contribution in [0.2, 0.25) is 0 Å². The maximum absolute atomic E-state index is 2.45. The predicted octanol–water partition coefficient (Wildman–Crippen LogP) is 3.71. The summed E-state index contributed by atoms with van der Waals surface area (Å²) in [5.74, 6) is 5.24. The van der Waals surface area contributed by atoms with Crippen LogP contribution in [-0.4, -0.2) is 0 Å². The Hall–Kier alpha value is 0. The van der Waals surface area contributed by atoms with Crippen molar-refractivity contribution in [2.24, 2.45) is 29.6 Å². The van der Waals surface area contributed by atoms with Gasteiger partial charge in [-0.25, -0.2) is 0 Å². The Morgan fingerprint density at radius 2 is 1.50 bits per heavy atom. The molecule has 2 aliphatic carbocycles. The van der Waals surface area contributed by atoms with E-state index in [1.807, 2.05) is 0 Å². The van der Waals surface area contributed by atoms with Crippen molar-refractivity contribution in [2.45, 2.75) is 46.5 Å². The van der Waals surface area contributed by atoms with Gasteiger partial charge in [0, 0.05) is 0 Å². The first-order valence-corrected chi connectivity index (χ1v) is 5.68. The molecule has 0 aliphatic heterocycles. The second-order valence-electron chi connectivity index (χ2n) is 5.50. The van der Waals surface area contributed by atoms with Crippen LogP contribution in [0.5, 0.6) is 0 Å². The molecule has 0 amide bonds. The Balaban J connectivity index is 2.09. The Labute approximate surface area is 76.7 Å². The van der Waals surface area contributed by atoms with Crippen molar-refractivity contribution in [3.8, 4) is 0 Å². The van der Waals surface area contributed by atoms with Gasteiger partial charge in [-0.15, -0.1) is 0 Å². The Bertz CT molecular complexity index is 145. The third-order valence-corrected chi connectivity index (χ3v) is 4.18. The fraction of sp³-hybridized carbons (Fsp3) is 1.00. The van der Waals surface area contributed by atoms with E-state index in [1.54, 1.807) is 0 Å². The molecular weight excluding hydrogens is 144 g/mol. The normalized spacial score (nSPS) is 47.0. The van der Waals surface area contributed by atoms with E-state index < -0.39 is 0 Å². The molecule has 0 aromatic heterocycles. The molecule has 2 fully saturated rings. The van der Waals surface area contributed by atoms with Crippen molar-refractivity contribution < 1.29 is 0 Å². The first-order valence-electron chi connectivity index (χ1n) is 5.68. The molecule has 0 aromatic rings. The first-order chi connectivity index (χ1) is 5.68. The lowest BCUT2D eigenvalue weighted by Gasteiger charge is -2.36. The average Bonchev–Trinajstić information content (AvgIpc) is 2.24. The zero-order valence-electron chi connectivity index (χ0n) is 8.72. The minimum absolute atomic E-state index is 0.940. The van der Waals surface area contributed by atoms with E-state index >= 15 is 0 Å². The van der Waals surface area contributed by atoms with Crippen molar-refractivity contribution in [3.63, 3.8) is 0 Å². The predicted molar refractivity (Wildman–Crippen MR) is 52.9 cm³/mol. The highest BCUT2D eigenvalue weighted by molar-refractivity contribution is 4.92. The van der Waals surface area contributed by atoms with Crippen molar-refractivity contribution in [2.75, 3.05) is 0 Å². The Kier molecular flexibility index (Phi) is 2.18. The molecule has 0 saturated heterocycles. The summed E-state index contributed by atoms with van der Waals surface area (Å²) in [7, 11) is 0. The van der Waals surface area contributed by atoms with Crippen LogP contribution in [0.1, 0.15) is 46.5 Å². The van der Waals surface area contributed by atoms with Gasteiger partial charge < -0.3 is 0 Å². The van der Waals surface area contributed by atoms with E-state index in [0.717, 1.165) is 29.6 Å². The van der Waals surface area contributed by atoms with E-state index in [9.17, 15) is 0 Å². The second kappa shape index (κ2) is 3.05. The first kappa shape index (κ1) is 8.59. The molecular formula is C12H22. The molecule has 70 valence electrons. The maximum Gasteiger partial charge on any atom is -0.0334 e. The van der Waals surface area contributed by atoms with Gasteiger partial charge in [-0.3, -0.25) is 0 Å². The van der Waals surface area contributed by atoms with Gasteiger partial charge in [-0.05, 0) is 55.3 Å². The maximum atomic E-state index is 2.45. The van der Waals surface area contributed by atoms with E-state index in [2.05, 4.69) is 20.8 Å². The summed E-state index contributed by atoms with van der Waals surface area (Å²) < 4.78 is 0. The summed E-state index contributed by atoms with van der Waals surface area (Å²) in [6.45, 7) is 7.29. The molecule has 2 atom stereocenters. The molecule has 2 rings (SSSR count). The summed E-state index contributed by atoms with van der Waals surface area (Å²) >= 11 is 0. The monoisotopic (exact) mass is 166 g/mol. The van der Waals surface area contributed by atoms with Gasteiger partial charge in [0.2, 0.25) is 0 Å². The highest BCUT2D eigenvalue weighted by Crippen LogP contribution is 2.51. The second-order valence-corrected chi connectivity index (χ2v) is 5.50. The number of fused-ring (bicyclic) bond motifs is 2. The van der Waals surface area contributed by atoms with Crippen molar-refractivity contribution in [1.29, 1.82) is 0 Å². The summed E-state index contributed by atoms with van der Waals surface area (Å²) in [6.07, 6.45) is 6.13. The molecule has 0 heterocycles. The average molecular weight is 166 g/mol. The Morgan fingerprint density at radius 3 is 1.92 bits per heavy atom. The van der Waals surface area contributed by atoms with Crippen LogP contribution in [0.15, 0.2) is 0 Å². The van der Waals surface area contributed by atoms with Crippen LogP contribution in [-0.2, 0) is 0 Å². The topological polar surface area (TPSA) is 0 Å². The van der Waals surface area contributed by atoms with Gasteiger partial charge in [-0.2, -0.15) is 0 Å². The number of hydrogen-bond donors (Lipinski definition) is 0. The van der Waals surface area contributed by atoms with Crippen LogP contribution in [0, 0.1) is 29.6 Å². The molecule has 0 heteroatoms. The number of rotatable bonds is 1. The van der Waals surface area contributed by atoms with Gasteiger partial charge in [0.15, 0.2) is 0 Å². The van der Waals surface area contributed by atoms with Gasteiger partial charge in [-0.1, -0.05) is 20.8 Å². The molecule has 12 heavy (non-hydrogen) atoms. The Morgan fingerprint density at radius 1 is 1.00 bits per heavy atom. The summed E-state index contributed by atoms with van der Waals surface area (Å²) in [5.41, 5.74) is 0. The molecule has 0 aromatic carbocycles. The molecule has 0 N–H and O–H groups in total. The van der Waals surface area contributed by atoms with Crippen LogP contribution in [0.4, 0.5) is 0 Å². The fourth-order valence-electron chi connectivity index (χ4n) is 3.97. The standard InChI is InChI=1S/C12H22/c1-8(2)12-10-4-5-11(12)7-9(3)6-10/h8-12H,4-7H2,1-3H3. The third kappa shape index (κ3) is 1.30. The van der Waals surface area contributed by atoms with E-state index in [1.165, 1.54) is 25.7 Å². The molecule has 0 nitrogen and oxygen atoms in total. The third-order valence-electron chi connectivity index (χ3n) is 4.18. The summed E-state index contributed by atoms with van der Waals surface area (Å²) in [6, 6.07) is 0. The molecule has 2 saturated carbocycles. The lowest BCUT2D eigenvalue weighted by molar-refractivity contribution is 0.134. The van der Waals surface area contributed by atoms with Crippen LogP contribution in [0.3, 0.4) is 0 Å². The van der Waals surface area contributed by atoms with Crippen molar-refractivity contribution >= 4 is 0 Å². The van der Waals surface area contributed by atoms with Crippen LogP contribution in [0.25, 0.3) is 0 Å². The molecule has 2 unspecified atom stereocenters. The quantitative estimate of drug-likeness (QED) is 0.557. The zero-order chi connectivity index (χ0) is 8.72. The molecule has 0 spiro atoms. The highest BCUT2D eigenvalue weighted by Gasteiger charge is 2.42. The van der Waals surface area contributed by atoms with E-state index in [-0.39, 0.29) is 0 Å². The van der Waals surface area contributed by atoms with Crippen LogP contribution < -0.4 is 0 Å². The lowest BCUT2D eigenvalue weighted by atomic mass is 9.69. The molecule has 0 radical (unpaired) electrons. The zero-order valence-corrected chi connectivity index (χ0v) is 8.72. The lowest BCUT2D eigenvalue weighted by Crippen LogP contribution is -2.28. The largest absolute Gasteiger partial charge is 0.0625 e. The smallest absolute Gasteiger partial charge is 0.0334 e. The SMILES string of the molecule is CC1CC2CCC(C1)C2C(C)C. The highest BCUT2D eigenvalue weighted by atomic mass is 14.5. The fourth-order valence-corrected chi connectivity index (χ4v) is 3.97. The molecule has 2 aliphatic rings. The van der Waals surface area contributed by atoms with Crippen molar-refractivity contribution in [3.05, 3.63) is 0 Å².